The van der Waals surface area contributed by atoms with Gasteiger partial charge in [0.25, 0.3) is 0 Å². The second-order valence-corrected chi connectivity index (χ2v) is 3.67. The highest BCUT2D eigenvalue weighted by Gasteiger charge is 2.13. The summed E-state index contributed by atoms with van der Waals surface area (Å²) in [5.41, 5.74) is 3.17. The molecule has 1 saturated heterocycles. The minimum absolute atomic E-state index is 0.729. The Balaban J connectivity index is 2.18. The van der Waals surface area contributed by atoms with Crippen molar-refractivity contribution in [3.63, 3.8) is 0 Å². The van der Waals surface area contributed by atoms with Gasteiger partial charge >= 0.3 is 0 Å². The van der Waals surface area contributed by atoms with E-state index in [0.717, 1.165) is 37.8 Å². The highest BCUT2D eigenvalue weighted by atomic mass is 32.1. The Kier molecular flexibility index (Phi) is 4.41. The maximum atomic E-state index is 5.09. The molecule has 4 nitrogen and oxygen atoms in total. The van der Waals surface area contributed by atoms with Crippen LogP contribution in [0.3, 0.4) is 0 Å². The number of likely N-dealkylation sites (N-methyl/N-ethyl adjacent to an activating group) is 1. The normalized spacial score (nSPS) is 19.8. The molecule has 1 fully saturated rings. The number of thiocarbonyl (C=S) groups is 1. The first-order chi connectivity index (χ1) is 6.22. The van der Waals surface area contributed by atoms with Gasteiger partial charge in [-0.25, -0.2) is 5.01 Å². The first kappa shape index (κ1) is 10.7. The lowest BCUT2D eigenvalue weighted by Gasteiger charge is -2.33. The maximum absolute atomic E-state index is 5.09. The lowest BCUT2D eigenvalue weighted by molar-refractivity contribution is 0.130. The minimum atomic E-state index is 0.729. The standard InChI is InChI=1S/C8H18N4S/c1-3-9-8(13)10-12-6-4-11(2)5-7-12/h3-7H2,1-2H3,(H2,9,10,13). The number of rotatable bonds is 2. The summed E-state index contributed by atoms with van der Waals surface area (Å²) in [6.07, 6.45) is 0. The first-order valence-electron chi connectivity index (χ1n) is 4.70. The summed E-state index contributed by atoms with van der Waals surface area (Å²) in [7, 11) is 2.14. The summed E-state index contributed by atoms with van der Waals surface area (Å²) in [5, 5.41) is 5.96. The molecule has 0 aromatic heterocycles. The molecule has 0 saturated carbocycles. The molecule has 1 aliphatic heterocycles. The van der Waals surface area contributed by atoms with Gasteiger partial charge in [0.1, 0.15) is 0 Å². The fraction of sp³-hybridized carbons (Fsp3) is 0.875. The van der Waals surface area contributed by atoms with E-state index in [2.05, 4.69) is 27.7 Å². The SMILES string of the molecule is CCNC(=S)NN1CCN(C)CC1. The summed E-state index contributed by atoms with van der Waals surface area (Å²) >= 11 is 5.09. The predicted octanol–water partition coefficient (Wildman–Crippen LogP) is -0.367. The quantitative estimate of drug-likeness (QED) is 0.597. The largest absolute Gasteiger partial charge is 0.362 e. The predicted molar refractivity (Wildman–Crippen MR) is 58.5 cm³/mol. The van der Waals surface area contributed by atoms with Crippen LogP contribution in [0.25, 0.3) is 0 Å². The molecule has 0 aliphatic carbocycles. The summed E-state index contributed by atoms with van der Waals surface area (Å²) in [6, 6.07) is 0. The van der Waals surface area contributed by atoms with E-state index in [1.165, 1.54) is 0 Å². The van der Waals surface area contributed by atoms with Crippen molar-refractivity contribution >= 4 is 17.3 Å². The minimum Gasteiger partial charge on any atom is -0.362 e. The Labute approximate surface area is 85.2 Å². The Morgan fingerprint density at radius 1 is 1.31 bits per heavy atom. The van der Waals surface area contributed by atoms with Gasteiger partial charge in [0.15, 0.2) is 5.11 Å². The van der Waals surface area contributed by atoms with Crippen LogP contribution in [0.5, 0.6) is 0 Å². The molecule has 1 aliphatic rings. The molecule has 0 aromatic rings. The number of nitrogens with one attached hydrogen (secondary N) is 2. The highest BCUT2D eigenvalue weighted by molar-refractivity contribution is 7.80. The number of hydrazine groups is 1. The molecule has 0 aromatic carbocycles. The molecule has 13 heavy (non-hydrogen) atoms. The first-order valence-corrected chi connectivity index (χ1v) is 5.11. The van der Waals surface area contributed by atoms with Crippen LogP contribution in [0.2, 0.25) is 0 Å². The van der Waals surface area contributed by atoms with E-state index in [1.54, 1.807) is 0 Å². The zero-order valence-electron chi connectivity index (χ0n) is 8.34. The molecule has 0 bridgehead atoms. The lowest BCUT2D eigenvalue weighted by atomic mass is 10.4. The number of nitrogens with zero attached hydrogens (tertiary/aromatic N) is 2. The molecule has 1 rings (SSSR count). The average molecular weight is 202 g/mol. The molecular formula is C8H18N4S. The molecule has 0 atom stereocenters. The van der Waals surface area contributed by atoms with Gasteiger partial charge in [-0.05, 0) is 26.2 Å². The van der Waals surface area contributed by atoms with Crippen LogP contribution in [-0.4, -0.2) is 54.8 Å². The summed E-state index contributed by atoms with van der Waals surface area (Å²) in [4.78, 5) is 2.31. The number of hydrogen-bond acceptors (Lipinski definition) is 3. The Morgan fingerprint density at radius 3 is 2.46 bits per heavy atom. The third kappa shape index (κ3) is 3.89. The van der Waals surface area contributed by atoms with Crippen molar-refractivity contribution in [2.75, 3.05) is 39.8 Å². The molecule has 2 N–H and O–H groups in total. The zero-order valence-corrected chi connectivity index (χ0v) is 9.15. The van der Waals surface area contributed by atoms with Crippen molar-refractivity contribution in [1.29, 1.82) is 0 Å². The van der Waals surface area contributed by atoms with Crippen molar-refractivity contribution in [1.82, 2.24) is 20.7 Å². The number of hydrogen-bond donors (Lipinski definition) is 2. The highest BCUT2D eigenvalue weighted by Crippen LogP contribution is 1.94. The molecule has 0 radical (unpaired) electrons. The van der Waals surface area contributed by atoms with Gasteiger partial charge in [-0.15, -0.1) is 0 Å². The smallest absolute Gasteiger partial charge is 0.181 e. The van der Waals surface area contributed by atoms with Crippen molar-refractivity contribution in [2.45, 2.75) is 6.92 Å². The van der Waals surface area contributed by atoms with Gasteiger partial charge in [0.2, 0.25) is 0 Å². The van der Waals surface area contributed by atoms with E-state index in [9.17, 15) is 0 Å². The summed E-state index contributed by atoms with van der Waals surface area (Å²) in [6.45, 7) is 7.17. The fourth-order valence-electron chi connectivity index (χ4n) is 1.26. The van der Waals surface area contributed by atoms with Crippen LogP contribution in [0.1, 0.15) is 6.92 Å². The van der Waals surface area contributed by atoms with Gasteiger partial charge in [-0.2, -0.15) is 0 Å². The van der Waals surface area contributed by atoms with Crippen LogP contribution < -0.4 is 10.7 Å². The lowest BCUT2D eigenvalue weighted by Crippen LogP contribution is -2.54. The van der Waals surface area contributed by atoms with Gasteiger partial charge in [-0.1, -0.05) is 0 Å². The molecule has 0 unspecified atom stereocenters. The van der Waals surface area contributed by atoms with Crippen LogP contribution in [0.4, 0.5) is 0 Å². The van der Waals surface area contributed by atoms with Gasteiger partial charge in [0, 0.05) is 32.7 Å². The van der Waals surface area contributed by atoms with Crippen molar-refractivity contribution in [3.8, 4) is 0 Å². The summed E-state index contributed by atoms with van der Waals surface area (Å²) < 4.78 is 0. The van der Waals surface area contributed by atoms with E-state index in [1.807, 2.05) is 6.92 Å². The maximum Gasteiger partial charge on any atom is 0.181 e. The van der Waals surface area contributed by atoms with Crippen molar-refractivity contribution in [2.24, 2.45) is 0 Å². The van der Waals surface area contributed by atoms with Gasteiger partial charge in [0.05, 0.1) is 0 Å². The van der Waals surface area contributed by atoms with E-state index in [0.29, 0.717) is 0 Å². The molecule has 0 spiro atoms. The molecule has 76 valence electrons. The molecule has 5 heteroatoms. The Hall–Kier alpha value is -0.390. The third-order valence-electron chi connectivity index (χ3n) is 2.10. The van der Waals surface area contributed by atoms with Crippen LogP contribution >= 0.6 is 12.2 Å². The number of piperazine rings is 1. The summed E-state index contributed by atoms with van der Waals surface area (Å²) in [5.74, 6) is 0. The van der Waals surface area contributed by atoms with Crippen LogP contribution in [0.15, 0.2) is 0 Å². The Morgan fingerprint density at radius 2 is 1.92 bits per heavy atom. The monoisotopic (exact) mass is 202 g/mol. The van der Waals surface area contributed by atoms with Crippen LogP contribution in [0, 0.1) is 0 Å². The van der Waals surface area contributed by atoms with Crippen molar-refractivity contribution < 1.29 is 0 Å². The average Bonchev–Trinajstić information content (AvgIpc) is 2.09. The van der Waals surface area contributed by atoms with Crippen molar-refractivity contribution in [3.05, 3.63) is 0 Å². The van der Waals surface area contributed by atoms with Crippen LogP contribution in [-0.2, 0) is 0 Å². The molecular weight excluding hydrogens is 184 g/mol. The second kappa shape index (κ2) is 5.36. The van der Waals surface area contributed by atoms with Gasteiger partial charge in [-0.3, -0.25) is 5.43 Å². The van der Waals surface area contributed by atoms with E-state index in [-0.39, 0.29) is 0 Å². The van der Waals surface area contributed by atoms with E-state index >= 15 is 0 Å². The second-order valence-electron chi connectivity index (χ2n) is 3.26. The fourth-order valence-corrected chi connectivity index (χ4v) is 1.54. The van der Waals surface area contributed by atoms with Gasteiger partial charge < -0.3 is 10.2 Å². The van der Waals surface area contributed by atoms with E-state index in [4.69, 9.17) is 12.2 Å². The zero-order chi connectivity index (χ0) is 9.68. The third-order valence-corrected chi connectivity index (χ3v) is 2.34. The van der Waals surface area contributed by atoms with E-state index < -0.39 is 0 Å². The Bertz CT molecular complexity index is 166. The molecule has 1 heterocycles. The topological polar surface area (TPSA) is 30.5 Å². The molecule has 0 amide bonds.